The number of carbonyl (C=O) groups excluding carboxylic acids is 1. The smallest absolute Gasteiger partial charge is 0.350 e. The van der Waals surface area contributed by atoms with Gasteiger partial charge in [-0.25, -0.2) is 4.79 Å². The van der Waals surface area contributed by atoms with Gasteiger partial charge in [0.25, 0.3) is 5.91 Å². The van der Waals surface area contributed by atoms with E-state index in [-0.39, 0.29) is 12.4 Å². The largest absolute Gasteiger partial charge is 0.395 e. The molecule has 0 aliphatic carbocycles. The Morgan fingerprint density at radius 1 is 1.20 bits per heavy atom. The molecule has 0 radical (unpaired) electrons. The zero-order chi connectivity index (χ0) is 18.0. The number of amides is 1. The number of anilines is 1. The number of aromatic nitrogens is 2. The van der Waals surface area contributed by atoms with Gasteiger partial charge < -0.3 is 20.6 Å². The van der Waals surface area contributed by atoms with E-state index in [9.17, 15) is 24.9 Å². The normalized spacial score (nSPS) is 25.7. The van der Waals surface area contributed by atoms with E-state index in [1.54, 1.807) is 30.3 Å². The number of thioether (sulfide) groups is 1. The molecule has 132 valence electrons. The molecule has 1 aromatic carbocycles. The molecule has 2 unspecified atom stereocenters. The first-order valence-electron chi connectivity index (χ1n) is 7.59. The van der Waals surface area contributed by atoms with Crippen LogP contribution in [0.2, 0.25) is 0 Å². The van der Waals surface area contributed by atoms with E-state index >= 15 is 0 Å². The molecule has 2 aromatic rings. The lowest BCUT2D eigenvalue weighted by Crippen LogP contribution is -2.36. The number of aliphatic hydroxyl groups excluding tert-OH is 3. The second-order valence-electron chi connectivity index (χ2n) is 5.55. The SMILES string of the molecule is O=C(Nc1ccn([C@@H]2S[C@H](CO)C(O)C2O)c(=O)n1)c1ccccc1. The van der Waals surface area contributed by atoms with Crippen molar-refractivity contribution in [1.82, 2.24) is 9.55 Å². The lowest BCUT2D eigenvalue weighted by Gasteiger charge is -2.17. The molecule has 1 amide bonds. The predicted molar refractivity (Wildman–Crippen MR) is 92.4 cm³/mol. The van der Waals surface area contributed by atoms with Crippen molar-refractivity contribution in [3.05, 3.63) is 58.6 Å². The van der Waals surface area contributed by atoms with Gasteiger partial charge in [-0.05, 0) is 18.2 Å². The number of hydrogen-bond donors (Lipinski definition) is 4. The maximum absolute atomic E-state index is 12.2. The third-order valence-electron chi connectivity index (χ3n) is 3.90. The lowest BCUT2D eigenvalue weighted by molar-refractivity contribution is 0.0101. The summed E-state index contributed by atoms with van der Waals surface area (Å²) in [5, 5.41) is 30.3. The van der Waals surface area contributed by atoms with Crippen LogP contribution in [0.5, 0.6) is 0 Å². The molecule has 8 nitrogen and oxygen atoms in total. The number of nitrogens with one attached hydrogen (secondary N) is 1. The minimum Gasteiger partial charge on any atom is -0.395 e. The van der Waals surface area contributed by atoms with E-state index in [1.165, 1.54) is 16.8 Å². The Kier molecular flexibility index (Phi) is 5.19. The van der Waals surface area contributed by atoms with Crippen LogP contribution in [0.3, 0.4) is 0 Å². The average molecular weight is 363 g/mol. The van der Waals surface area contributed by atoms with Crippen LogP contribution < -0.4 is 11.0 Å². The standard InChI is InChI=1S/C16H17N3O5S/c20-8-10-12(21)13(22)15(25-10)19-7-6-11(18-16(19)24)17-14(23)9-4-2-1-3-5-9/h1-7,10,12-13,15,20-22H,8H2,(H,17,18,23,24)/t10-,12?,13?,15-/m1/s1. The van der Waals surface area contributed by atoms with Crippen molar-refractivity contribution in [2.24, 2.45) is 0 Å². The van der Waals surface area contributed by atoms with E-state index in [0.29, 0.717) is 5.56 Å². The zero-order valence-corrected chi connectivity index (χ0v) is 13.8. The lowest BCUT2D eigenvalue weighted by atomic mass is 10.1. The number of hydrogen-bond acceptors (Lipinski definition) is 7. The molecule has 9 heteroatoms. The van der Waals surface area contributed by atoms with Crippen LogP contribution >= 0.6 is 11.8 Å². The van der Waals surface area contributed by atoms with Gasteiger partial charge in [-0.1, -0.05) is 18.2 Å². The van der Waals surface area contributed by atoms with Gasteiger partial charge in [0.15, 0.2) is 0 Å². The van der Waals surface area contributed by atoms with Gasteiger partial charge in [0.1, 0.15) is 17.3 Å². The van der Waals surface area contributed by atoms with Crippen LogP contribution in [0.4, 0.5) is 5.82 Å². The predicted octanol–water partition coefficient (Wildman–Crippen LogP) is -0.176. The molecule has 4 atom stereocenters. The highest BCUT2D eigenvalue weighted by molar-refractivity contribution is 8.00. The molecular weight excluding hydrogens is 346 g/mol. The number of carbonyl (C=O) groups is 1. The number of benzene rings is 1. The summed E-state index contributed by atoms with van der Waals surface area (Å²) in [7, 11) is 0. The Balaban J connectivity index is 1.78. The van der Waals surface area contributed by atoms with E-state index in [4.69, 9.17) is 0 Å². The van der Waals surface area contributed by atoms with Gasteiger partial charge >= 0.3 is 5.69 Å². The zero-order valence-electron chi connectivity index (χ0n) is 13.0. The fourth-order valence-corrected chi connectivity index (χ4v) is 3.94. The maximum Gasteiger partial charge on any atom is 0.350 e. The van der Waals surface area contributed by atoms with Gasteiger partial charge in [-0.15, -0.1) is 11.8 Å². The Labute approximate surface area is 147 Å². The van der Waals surface area contributed by atoms with Crippen molar-refractivity contribution in [1.29, 1.82) is 0 Å². The Bertz CT molecular complexity index is 813. The van der Waals surface area contributed by atoms with Crippen molar-refractivity contribution < 1.29 is 20.1 Å². The van der Waals surface area contributed by atoms with Gasteiger partial charge in [-0.3, -0.25) is 9.36 Å². The van der Waals surface area contributed by atoms with Gasteiger partial charge in [0.05, 0.1) is 18.0 Å². The Morgan fingerprint density at radius 2 is 1.92 bits per heavy atom. The van der Waals surface area contributed by atoms with Crippen molar-refractivity contribution >= 4 is 23.5 Å². The molecular formula is C16H17N3O5S. The fraction of sp³-hybridized carbons (Fsp3) is 0.312. The van der Waals surface area contributed by atoms with Crippen molar-refractivity contribution in [3.8, 4) is 0 Å². The minimum absolute atomic E-state index is 0.0897. The topological polar surface area (TPSA) is 125 Å². The van der Waals surface area contributed by atoms with Crippen LogP contribution in [0.25, 0.3) is 0 Å². The third kappa shape index (κ3) is 3.59. The molecule has 1 saturated heterocycles. The summed E-state index contributed by atoms with van der Waals surface area (Å²) in [6.45, 7) is -0.313. The summed E-state index contributed by atoms with van der Waals surface area (Å²) in [5.74, 6) is -0.303. The summed E-state index contributed by atoms with van der Waals surface area (Å²) in [6, 6.07) is 9.95. The number of aliphatic hydroxyl groups is 3. The highest BCUT2D eigenvalue weighted by Crippen LogP contribution is 2.40. The first-order valence-corrected chi connectivity index (χ1v) is 8.53. The maximum atomic E-state index is 12.2. The Morgan fingerprint density at radius 3 is 2.52 bits per heavy atom. The highest BCUT2D eigenvalue weighted by Gasteiger charge is 2.43. The average Bonchev–Trinajstić information content (AvgIpc) is 2.91. The van der Waals surface area contributed by atoms with Gasteiger partial charge in [-0.2, -0.15) is 4.98 Å². The second-order valence-corrected chi connectivity index (χ2v) is 6.91. The first-order chi connectivity index (χ1) is 12.0. The van der Waals surface area contributed by atoms with Crippen LogP contribution in [0.15, 0.2) is 47.4 Å². The molecule has 25 heavy (non-hydrogen) atoms. The second kappa shape index (κ2) is 7.36. The third-order valence-corrected chi connectivity index (χ3v) is 5.46. The summed E-state index contributed by atoms with van der Waals surface area (Å²) in [6.07, 6.45) is -0.945. The highest BCUT2D eigenvalue weighted by atomic mass is 32.2. The molecule has 1 aromatic heterocycles. The quantitative estimate of drug-likeness (QED) is 0.594. The minimum atomic E-state index is -1.20. The van der Waals surface area contributed by atoms with Crippen molar-refractivity contribution in [2.75, 3.05) is 11.9 Å². The monoisotopic (exact) mass is 363 g/mol. The molecule has 1 aliphatic heterocycles. The number of rotatable bonds is 4. The Hall–Kier alpha value is -2.20. The molecule has 2 heterocycles. The van der Waals surface area contributed by atoms with E-state index in [0.717, 1.165) is 11.8 Å². The fourth-order valence-electron chi connectivity index (χ4n) is 2.56. The van der Waals surface area contributed by atoms with Crippen LogP contribution in [0.1, 0.15) is 15.7 Å². The molecule has 1 aliphatic rings. The molecule has 0 bridgehead atoms. The van der Waals surface area contributed by atoms with E-state index < -0.39 is 34.4 Å². The molecule has 0 saturated carbocycles. The summed E-state index contributed by atoms with van der Waals surface area (Å²) >= 11 is 1.10. The summed E-state index contributed by atoms with van der Waals surface area (Å²) in [5.41, 5.74) is -0.239. The molecule has 4 N–H and O–H groups in total. The molecule has 3 rings (SSSR count). The van der Waals surface area contributed by atoms with E-state index in [1.807, 2.05) is 0 Å². The van der Waals surface area contributed by atoms with Crippen LogP contribution in [-0.4, -0.2) is 54.8 Å². The van der Waals surface area contributed by atoms with Crippen molar-refractivity contribution in [2.45, 2.75) is 22.8 Å². The summed E-state index contributed by atoms with van der Waals surface area (Å²) < 4.78 is 1.17. The summed E-state index contributed by atoms with van der Waals surface area (Å²) in [4.78, 5) is 28.1. The van der Waals surface area contributed by atoms with Gasteiger partial charge in [0.2, 0.25) is 0 Å². The van der Waals surface area contributed by atoms with Gasteiger partial charge in [0, 0.05) is 11.8 Å². The molecule has 0 spiro atoms. The van der Waals surface area contributed by atoms with Crippen molar-refractivity contribution in [3.63, 3.8) is 0 Å². The van der Waals surface area contributed by atoms with Crippen LogP contribution in [0, 0.1) is 0 Å². The van der Waals surface area contributed by atoms with Crippen LogP contribution in [-0.2, 0) is 0 Å². The van der Waals surface area contributed by atoms with E-state index in [2.05, 4.69) is 10.3 Å². The first kappa shape index (κ1) is 17.6. The number of nitrogens with zero attached hydrogens (tertiary/aromatic N) is 2. The molecule has 1 fully saturated rings.